The van der Waals surface area contributed by atoms with E-state index in [4.69, 9.17) is 4.74 Å². The summed E-state index contributed by atoms with van der Waals surface area (Å²) >= 11 is 0. The molecule has 2 saturated heterocycles. The van der Waals surface area contributed by atoms with Crippen LogP contribution >= 0.6 is 0 Å². The predicted octanol–water partition coefficient (Wildman–Crippen LogP) is 1.91. The summed E-state index contributed by atoms with van der Waals surface area (Å²) in [5, 5.41) is 3.09. The molecule has 2 aliphatic rings. The minimum absolute atomic E-state index is 0.0959. The van der Waals surface area contributed by atoms with Crippen LogP contribution in [0.25, 0.3) is 0 Å². The van der Waals surface area contributed by atoms with Gasteiger partial charge in [-0.25, -0.2) is 4.79 Å². The first-order chi connectivity index (χ1) is 8.75. The smallest absolute Gasteiger partial charge is 0.410 e. The highest BCUT2D eigenvalue weighted by molar-refractivity contribution is 5.82. The Labute approximate surface area is 114 Å². The zero-order valence-corrected chi connectivity index (χ0v) is 12.3. The van der Waals surface area contributed by atoms with E-state index in [1.54, 1.807) is 4.90 Å². The first-order valence-corrected chi connectivity index (χ1v) is 7.05. The van der Waals surface area contributed by atoms with Gasteiger partial charge in [-0.05, 0) is 40.0 Å². The normalized spacial score (nSPS) is 30.8. The first-order valence-electron chi connectivity index (χ1n) is 7.05. The number of hydrogen-bond acceptors (Lipinski definition) is 3. The van der Waals surface area contributed by atoms with Gasteiger partial charge < -0.3 is 15.0 Å². The van der Waals surface area contributed by atoms with Crippen molar-refractivity contribution in [3.05, 3.63) is 0 Å². The van der Waals surface area contributed by atoms with E-state index in [9.17, 15) is 9.59 Å². The van der Waals surface area contributed by atoms with Gasteiger partial charge in [0.25, 0.3) is 0 Å². The van der Waals surface area contributed by atoms with Gasteiger partial charge in [-0.1, -0.05) is 6.92 Å². The van der Waals surface area contributed by atoms with Crippen LogP contribution in [0.5, 0.6) is 0 Å². The van der Waals surface area contributed by atoms with Gasteiger partial charge in [-0.2, -0.15) is 0 Å². The summed E-state index contributed by atoms with van der Waals surface area (Å²) in [7, 11) is 0. The number of carbonyl (C=O) groups is 2. The van der Waals surface area contributed by atoms with Crippen LogP contribution in [0.3, 0.4) is 0 Å². The van der Waals surface area contributed by atoms with E-state index in [0.717, 1.165) is 19.3 Å². The molecule has 2 heterocycles. The number of likely N-dealkylation sites (tertiary alicyclic amines) is 1. The fourth-order valence-electron chi connectivity index (χ4n) is 2.93. The second kappa shape index (κ2) is 4.69. The lowest BCUT2D eigenvalue weighted by Gasteiger charge is -2.26. The van der Waals surface area contributed by atoms with Gasteiger partial charge in [0.1, 0.15) is 5.60 Å². The van der Waals surface area contributed by atoms with Crippen LogP contribution in [0.15, 0.2) is 0 Å². The largest absolute Gasteiger partial charge is 0.444 e. The molecule has 0 aliphatic carbocycles. The summed E-state index contributed by atoms with van der Waals surface area (Å²) in [5.74, 6) is 0.229. The number of nitrogens with zero attached hydrogens (tertiary/aromatic N) is 1. The zero-order chi connectivity index (χ0) is 14.3. The molecule has 108 valence electrons. The number of amides is 2. The molecule has 2 fully saturated rings. The van der Waals surface area contributed by atoms with Crippen LogP contribution in [-0.2, 0) is 9.53 Å². The molecule has 5 nitrogen and oxygen atoms in total. The van der Waals surface area contributed by atoms with Gasteiger partial charge in [0, 0.05) is 19.0 Å². The van der Waals surface area contributed by atoms with Crippen molar-refractivity contribution in [2.75, 3.05) is 13.1 Å². The van der Waals surface area contributed by atoms with Crippen molar-refractivity contribution in [3.8, 4) is 0 Å². The van der Waals surface area contributed by atoms with Crippen molar-refractivity contribution in [2.45, 2.75) is 58.1 Å². The van der Waals surface area contributed by atoms with Gasteiger partial charge in [-0.15, -0.1) is 0 Å². The van der Waals surface area contributed by atoms with E-state index in [0.29, 0.717) is 13.1 Å². The molecule has 2 unspecified atom stereocenters. The highest BCUT2D eigenvalue weighted by atomic mass is 16.6. The Kier molecular flexibility index (Phi) is 3.49. The summed E-state index contributed by atoms with van der Waals surface area (Å²) in [6.07, 6.45) is 2.24. The highest BCUT2D eigenvalue weighted by Crippen LogP contribution is 2.35. The minimum atomic E-state index is -0.474. The molecule has 0 aromatic carbocycles. The van der Waals surface area contributed by atoms with Gasteiger partial charge in [-0.3, -0.25) is 4.79 Å². The molecule has 5 heteroatoms. The minimum Gasteiger partial charge on any atom is -0.444 e. The van der Waals surface area contributed by atoms with E-state index in [1.807, 2.05) is 27.7 Å². The van der Waals surface area contributed by atoms with Gasteiger partial charge >= 0.3 is 6.09 Å². The van der Waals surface area contributed by atoms with Crippen LogP contribution in [0.1, 0.15) is 47.0 Å². The maximum atomic E-state index is 12.0. The fourth-order valence-corrected chi connectivity index (χ4v) is 2.93. The molecular weight excluding hydrogens is 244 g/mol. The third kappa shape index (κ3) is 3.01. The molecule has 0 bridgehead atoms. The van der Waals surface area contributed by atoms with E-state index in [-0.39, 0.29) is 23.5 Å². The average molecular weight is 268 g/mol. The number of rotatable bonds is 1. The molecule has 19 heavy (non-hydrogen) atoms. The zero-order valence-electron chi connectivity index (χ0n) is 12.3. The summed E-state index contributed by atoms with van der Waals surface area (Å²) < 4.78 is 5.38. The second-order valence-corrected chi connectivity index (χ2v) is 6.73. The number of nitrogens with one attached hydrogen (secondary N) is 1. The summed E-state index contributed by atoms with van der Waals surface area (Å²) in [4.78, 5) is 25.6. The Balaban J connectivity index is 1.97. The second-order valence-electron chi connectivity index (χ2n) is 6.73. The third-order valence-corrected chi connectivity index (χ3v) is 3.89. The van der Waals surface area contributed by atoms with E-state index in [1.165, 1.54) is 0 Å². The highest BCUT2D eigenvalue weighted by Gasteiger charge is 2.48. The molecule has 2 aliphatic heterocycles. The molecule has 0 aromatic rings. The molecule has 2 rings (SSSR count). The van der Waals surface area contributed by atoms with Gasteiger partial charge in [0.05, 0.1) is 5.54 Å². The van der Waals surface area contributed by atoms with Crippen LogP contribution in [0, 0.1) is 5.92 Å². The van der Waals surface area contributed by atoms with Crippen molar-refractivity contribution < 1.29 is 14.3 Å². The Bertz CT molecular complexity index is 389. The van der Waals surface area contributed by atoms with Crippen molar-refractivity contribution in [3.63, 3.8) is 0 Å². The first kappa shape index (κ1) is 14.2. The monoisotopic (exact) mass is 268 g/mol. The Morgan fingerprint density at radius 1 is 1.53 bits per heavy atom. The van der Waals surface area contributed by atoms with Crippen LogP contribution in [0.4, 0.5) is 4.79 Å². The molecule has 1 N–H and O–H groups in total. The topological polar surface area (TPSA) is 58.6 Å². The maximum absolute atomic E-state index is 12.0. The molecule has 2 atom stereocenters. The average Bonchev–Trinajstić information content (AvgIpc) is 2.81. The molecule has 0 aromatic heterocycles. The van der Waals surface area contributed by atoms with Crippen molar-refractivity contribution in [2.24, 2.45) is 5.92 Å². The van der Waals surface area contributed by atoms with Crippen LogP contribution < -0.4 is 5.32 Å². The summed E-state index contributed by atoms with van der Waals surface area (Å²) in [5.41, 5.74) is -0.688. The Morgan fingerprint density at radius 2 is 2.21 bits per heavy atom. The van der Waals surface area contributed by atoms with Gasteiger partial charge in [0.2, 0.25) is 5.91 Å². The molecule has 1 spiro atoms. The molecular formula is C14H24N2O3. The van der Waals surface area contributed by atoms with E-state index in [2.05, 4.69) is 5.32 Å². The summed E-state index contributed by atoms with van der Waals surface area (Å²) in [6, 6.07) is 0. The number of carbonyl (C=O) groups excluding carboxylic acids is 2. The Morgan fingerprint density at radius 3 is 2.74 bits per heavy atom. The maximum Gasteiger partial charge on any atom is 0.410 e. The lowest BCUT2D eigenvalue weighted by molar-refractivity contribution is -0.122. The number of ether oxygens (including phenoxy) is 1. The third-order valence-electron chi connectivity index (χ3n) is 3.89. The lowest BCUT2D eigenvalue weighted by Crippen LogP contribution is -2.45. The molecule has 0 saturated carbocycles. The quantitative estimate of drug-likeness (QED) is 0.790. The predicted molar refractivity (Wildman–Crippen MR) is 71.7 cm³/mol. The molecule has 0 radical (unpaired) electrons. The van der Waals surface area contributed by atoms with Crippen molar-refractivity contribution >= 4 is 12.0 Å². The molecule has 2 amide bonds. The lowest BCUT2D eigenvalue weighted by atomic mass is 9.91. The van der Waals surface area contributed by atoms with Crippen LogP contribution in [-0.4, -0.2) is 41.1 Å². The fraction of sp³-hybridized carbons (Fsp3) is 0.857. The van der Waals surface area contributed by atoms with Gasteiger partial charge in [0.15, 0.2) is 0 Å². The van der Waals surface area contributed by atoms with Crippen molar-refractivity contribution in [1.29, 1.82) is 0 Å². The van der Waals surface area contributed by atoms with Crippen LogP contribution in [0.2, 0.25) is 0 Å². The van der Waals surface area contributed by atoms with E-state index < -0.39 is 5.60 Å². The SMILES string of the molecule is CCC1CC2(CCN(C(=O)OC(C)(C)C)C2)NC1=O. The summed E-state index contributed by atoms with van der Waals surface area (Å²) in [6.45, 7) is 8.85. The Hall–Kier alpha value is -1.26. The standard InChI is InChI=1S/C14H24N2O3/c1-5-10-8-14(15-11(10)17)6-7-16(9-14)12(18)19-13(2,3)4/h10H,5-9H2,1-4H3,(H,15,17). The number of hydrogen-bond donors (Lipinski definition) is 1. The van der Waals surface area contributed by atoms with Crippen molar-refractivity contribution in [1.82, 2.24) is 10.2 Å². The van der Waals surface area contributed by atoms with E-state index >= 15 is 0 Å².